The maximum absolute atomic E-state index is 13.5. The molecule has 1 N–H and O–H groups in total. The summed E-state index contributed by atoms with van der Waals surface area (Å²) in [7, 11) is 0. The van der Waals surface area contributed by atoms with E-state index in [0.717, 1.165) is 23.5 Å². The number of nitrogens with one attached hydrogen (secondary N) is 1. The molecule has 0 radical (unpaired) electrons. The van der Waals surface area contributed by atoms with Crippen LogP contribution in [-0.2, 0) is 6.42 Å². The Morgan fingerprint density at radius 2 is 2.30 bits per heavy atom. The summed E-state index contributed by atoms with van der Waals surface area (Å²) in [5, 5.41) is 4.65. The van der Waals surface area contributed by atoms with Gasteiger partial charge in [0.2, 0.25) is 0 Å². The third kappa shape index (κ3) is 3.64. The first-order valence-electron chi connectivity index (χ1n) is 7.11. The maximum Gasteiger partial charge on any atom is 0.123 e. The highest BCUT2D eigenvalue weighted by Crippen LogP contribution is 2.26. The van der Waals surface area contributed by atoms with Crippen LogP contribution in [0.2, 0.25) is 0 Å². The first kappa shape index (κ1) is 13.7. The van der Waals surface area contributed by atoms with Gasteiger partial charge in [-0.05, 0) is 43.9 Å². The average Bonchev–Trinajstić information content (AvgIpc) is 3.17. The molecule has 20 heavy (non-hydrogen) atoms. The van der Waals surface area contributed by atoms with Crippen LogP contribution in [-0.4, -0.2) is 17.6 Å². The summed E-state index contributed by atoms with van der Waals surface area (Å²) in [4.78, 5) is 5.59. The van der Waals surface area contributed by atoms with Crippen molar-refractivity contribution in [3.05, 3.63) is 51.7 Å². The third-order valence-corrected chi connectivity index (χ3v) is 4.60. The zero-order valence-corrected chi connectivity index (χ0v) is 12.4. The van der Waals surface area contributed by atoms with Crippen LogP contribution < -0.4 is 5.32 Å². The maximum atomic E-state index is 13.5. The molecule has 2 aromatic rings. The summed E-state index contributed by atoms with van der Waals surface area (Å²) in [6.07, 6.45) is 5.42. The Morgan fingerprint density at radius 3 is 2.95 bits per heavy atom. The van der Waals surface area contributed by atoms with E-state index < -0.39 is 0 Å². The van der Waals surface area contributed by atoms with Gasteiger partial charge in [-0.3, -0.25) is 0 Å². The summed E-state index contributed by atoms with van der Waals surface area (Å²) in [5.41, 5.74) is 1.07. The van der Waals surface area contributed by atoms with Gasteiger partial charge in [-0.15, -0.1) is 11.3 Å². The van der Waals surface area contributed by atoms with Crippen molar-refractivity contribution < 1.29 is 4.39 Å². The molecule has 1 heterocycles. The molecule has 1 saturated carbocycles. The fraction of sp³-hybridized carbons (Fsp3) is 0.438. The summed E-state index contributed by atoms with van der Waals surface area (Å²) in [5.74, 6) is 0.158. The van der Waals surface area contributed by atoms with Gasteiger partial charge in [-0.25, -0.2) is 9.37 Å². The van der Waals surface area contributed by atoms with Crippen LogP contribution in [0.15, 0.2) is 30.5 Å². The van der Waals surface area contributed by atoms with Crippen molar-refractivity contribution in [2.45, 2.75) is 38.1 Å². The summed E-state index contributed by atoms with van der Waals surface area (Å²) in [6, 6.07) is 7.66. The number of benzene rings is 1. The Morgan fingerprint density at radius 1 is 1.45 bits per heavy atom. The first-order chi connectivity index (χ1) is 9.70. The average molecular weight is 290 g/mol. The monoisotopic (exact) mass is 290 g/mol. The van der Waals surface area contributed by atoms with Gasteiger partial charge in [-0.1, -0.05) is 12.1 Å². The lowest BCUT2D eigenvalue weighted by Crippen LogP contribution is -2.24. The molecule has 2 nitrogen and oxygen atoms in total. The number of rotatable bonds is 6. The Hall–Kier alpha value is -1.26. The van der Waals surface area contributed by atoms with Crippen LogP contribution in [0.5, 0.6) is 0 Å². The second-order valence-corrected chi connectivity index (χ2v) is 6.80. The number of hydrogen-bond donors (Lipinski definition) is 1. The SMILES string of the molecule is Cc1ncc(CC(CNC2CC2)c2cccc(F)c2)s1. The number of nitrogens with zero attached hydrogens (tertiary/aromatic N) is 1. The Labute approximate surface area is 123 Å². The quantitative estimate of drug-likeness (QED) is 0.878. The van der Waals surface area contributed by atoms with Crippen LogP contribution >= 0.6 is 11.3 Å². The first-order valence-corrected chi connectivity index (χ1v) is 7.92. The normalized spacial score (nSPS) is 16.3. The highest BCUT2D eigenvalue weighted by Gasteiger charge is 2.23. The van der Waals surface area contributed by atoms with E-state index in [4.69, 9.17) is 0 Å². The summed E-state index contributed by atoms with van der Waals surface area (Å²) < 4.78 is 13.5. The number of thiazole rings is 1. The minimum atomic E-state index is -0.153. The topological polar surface area (TPSA) is 24.9 Å². The van der Waals surface area contributed by atoms with Crippen molar-refractivity contribution in [1.82, 2.24) is 10.3 Å². The fourth-order valence-electron chi connectivity index (χ4n) is 2.41. The van der Waals surface area contributed by atoms with Crippen LogP contribution in [0.1, 0.15) is 34.2 Å². The Bertz CT molecular complexity index is 577. The molecular formula is C16H19FN2S. The minimum absolute atomic E-state index is 0.153. The minimum Gasteiger partial charge on any atom is -0.313 e. The molecule has 4 heteroatoms. The van der Waals surface area contributed by atoms with Gasteiger partial charge in [0.25, 0.3) is 0 Å². The molecule has 106 valence electrons. The largest absolute Gasteiger partial charge is 0.313 e. The molecular weight excluding hydrogens is 271 g/mol. The highest BCUT2D eigenvalue weighted by molar-refractivity contribution is 7.11. The molecule has 0 bridgehead atoms. The van der Waals surface area contributed by atoms with E-state index in [1.165, 1.54) is 23.8 Å². The molecule has 0 spiro atoms. The molecule has 3 rings (SSSR count). The zero-order chi connectivity index (χ0) is 13.9. The molecule has 0 amide bonds. The second kappa shape index (κ2) is 6.02. The van der Waals surface area contributed by atoms with Gasteiger partial charge >= 0.3 is 0 Å². The summed E-state index contributed by atoms with van der Waals surface area (Å²) >= 11 is 1.73. The van der Waals surface area contributed by atoms with Crippen molar-refractivity contribution in [3.63, 3.8) is 0 Å². The van der Waals surface area contributed by atoms with Gasteiger partial charge < -0.3 is 5.32 Å². The van der Waals surface area contributed by atoms with Gasteiger partial charge in [0, 0.05) is 29.6 Å². The van der Waals surface area contributed by atoms with Crippen LogP contribution in [0.4, 0.5) is 4.39 Å². The molecule has 1 unspecified atom stereocenters. The predicted molar refractivity (Wildman–Crippen MR) is 80.7 cm³/mol. The van der Waals surface area contributed by atoms with E-state index in [9.17, 15) is 4.39 Å². The van der Waals surface area contributed by atoms with Crippen molar-refractivity contribution in [3.8, 4) is 0 Å². The second-order valence-electron chi connectivity index (χ2n) is 5.48. The van der Waals surface area contributed by atoms with Crippen molar-refractivity contribution in [1.29, 1.82) is 0 Å². The lowest BCUT2D eigenvalue weighted by atomic mass is 9.95. The fourth-order valence-corrected chi connectivity index (χ4v) is 3.28. The Balaban J connectivity index is 1.74. The lowest BCUT2D eigenvalue weighted by Gasteiger charge is -2.17. The number of aromatic nitrogens is 1. The number of aryl methyl sites for hydroxylation is 1. The number of hydrogen-bond acceptors (Lipinski definition) is 3. The smallest absolute Gasteiger partial charge is 0.123 e. The number of halogens is 1. The predicted octanol–water partition coefficient (Wildman–Crippen LogP) is 3.67. The molecule has 1 aliphatic carbocycles. The highest BCUT2D eigenvalue weighted by atomic mass is 32.1. The summed E-state index contributed by atoms with van der Waals surface area (Å²) in [6.45, 7) is 2.93. The van der Waals surface area contributed by atoms with Gasteiger partial charge in [0.1, 0.15) is 5.82 Å². The van der Waals surface area contributed by atoms with Gasteiger partial charge in [-0.2, -0.15) is 0 Å². The van der Waals surface area contributed by atoms with Crippen molar-refractivity contribution >= 4 is 11.3 Å². The van der Waals surface area contributed by atoms with E-state index in [1.54, 1.807) is 23.5 Å². The molecule has 0 aliphatic heterocycles. The molecule has 1 aromatic carbocycles. The molecule has 1 fully saturated rings. The standard InChI is InChI=1S/C16H19FN2S/c1-11-18-10-16(20-11)8-13(9-19-15-5-6-15)12-3-2-4-14(17)7-12/h2-4,7,10,13,15,19H,5-6,8-9H2,1H3. The van der Waals surface area contributed by atoms with Crippen molar-refractivity contribution in [2.24, 2.45) is 0 Å². The third-order valence-electron chi connectivity index (χ3n) is 3.67. The molecule has 0 saturated heterocycles. The van der Waals surface area contributed by atoms with E-state index in [1.807, 2.05) is 19.2 Å². The van der Waals surface area contributed by atoms with E-state index >= 15 is 0 Å². The van der Waals surface area contributed by atoms with Crippen LogP contribution in [0, 0.1) is 12.7 Å². The van der Waals surface area contributed by atoms with Gasteiger partial charge in [0.05, 0.1) is 5.01 Å². The van der Waals surface area contributed by atoms with Crippen LogP contribution in [0.25, 0.3) is 0 Å². The Kier molecular flexibility index (Phi) is 4.13. The van der Waals surface area contributed by atoms with E-state index in [0.29, 0.717) is 12.0 Å². The van der Waals surface area contributed by atoms with E-state index in [2.05, 4.69) is 10.3 Å². The molecule has 1 aliphatic rings. The van der Waals surface area contributed by atoms with Crippen molar-refractivity contribution in [2.75, 3.05) is 6.54 Å². The zero-order valence-electron chi connectivity index (χ0n) is 11.6. The molecule has 1 aromatic heterocycles. The molecule has 1 atom stereocenters. The van der Waals surface area contributed by atoms with Gasteiger partial charge in [0.15, 0.2) is 0 Å². The van der Waals surface area contributed by atoms with E-state index in [-0.39, 0.29) is 5.82 Å². The lowest BCUT2D eigenvalue weighted by molar-refractivity contribution is 0.571. The van der Waals surface area contributed by atoms with Crippen LogP contribution in [0.3, 0.4) is 0 Å².